The molecule has 1 aromatic carbocycles. The van der Waals surface area contributed by atoms with Crippen LogP contribution in [0.25, 0.3) is 0 Å². The molecule has 0 saturated heterocycles. The number of aromatic hydroxyl groups is 1. The molecule has 0 fully saturated rings. The van der Waals surface area contributed by atoms with Gasteiger partial charge in [-0.05, 0) is 23.0 Å². The Bertz CT molecular complexity index is 833. The molecule has 0 aliphatic rings. The number of oxime groups is 1. The standard InChI is InChI=1S/C19H25N3O4/c1-18(2,3)11-7-10(8-12(15(11)23)19(4,5)6)14(22-26)16-20-9-13(21-16)17(24)25/h7-9,23,26H,1-6H3,(H,20,21)(H,24,25)/b22-14-. The number of phenolic OH excluding ortho intramolecular Hbond substituents is 1. The Hall–Kier alpha value is -2.83. The summed E-state index contributed by atoms with van der Waals surface area (Å²) in [7, 11) is 0. The van der Waals surface area contributed by atoms with Gasteiger partial charge in [-0.3, -0.25) is 0 Å². The number of H-pyrrole nitrogens is 1. The molecule has 7 heteroatoms. The SMILES string of the molecule is CC(C)(C)c1cc(/C(=N/O)c2ncc(C(=O)O)[nH]2)cc(C(C)(C)C)c1O. The van der Waals surface area contributed by atoms with Gasteiger partial charge in [0, 0.05) is 16.7 Å². The highest BCUT2D eigenvalue weighted by atomic mass is 16.4. The largest absolute Gasteiger partial charge is 0.507 e. The van der Waals surface area contributed by atoms with Gasteiger partial charge in [0.05, 0.1) is 6.20 Å². The molecule has 0 bridgehead atoms. The number of carboxylic acids is 1. The molecule has 1 aromatic heterocycles. The summed E-state index contributed by atoms with van der Waals surface area (Å²) in [5, 5.41) is 32.7. The van der Waals surface area contributed by atoms with E-state index in [0.717, 1.165) is 0 Å². The van der Waals surface area contributed by atoms with Crippen molar-refractivity contribution in [3.63, 3.8) is 0 Å². The molecule has 0 aliphatic heterocycles. The van der Waals surface area contributed by atoms with Gasteiger partial charge in [-0.15, -0.1) is 0 Å². The second kappa shape index (κ2) is 6.48. The number of nitrogens with one attached hydrogen (secondary N) is 1. The summed E-state index contributed by atoms with van der Waals surface area (Å²) >= 11 is 0. The smallest absolute Gasteiger partial charge is 0.353 e. The molecule has 0 unspecified atom stereocenters. The molecular weight excluding hydrogens is 334 g/mol. The number of carbonyl (C=O) groups is 1. The zero-order valence-corrected chi connectivity index (χ0v) is 15.9. The molecule has 0 amide bonds. The van der Waals surface area contributed by atoms with Gasteiger partial charge < -0.3 is 20.4 Å². The highest BCUT2D eigenvalue weighted by Gasteiger charge is 2.28. The fourth-order valence-corrected chi connectivity index (χ4v) is 2.71. The number of phenols is 1. The van der Waals surface area contributed by atoms with Crippen LogP contribution in [0.5, 0.6) is 5.75 Å². The van der Waals surface area contributed by atoms with Crippen LogP contribution in [0.2, 0.25) is 0 Å². The fourth-order valence-electron chi connectivity index (χ4n) is 2.71. The molecule has 7 nitrogen and oxygen atoms in total. The first-order chi connectivity index (χ1) is 11.9. The molecule has 2 rings (SSSR count). The number of aromatic carboxylic acids is 1. The lowest BCUT2D eigenvalue weighted by Gasteiger charge is -2.28. The third-order valence-corrected chi connectivity index (χ3v) is 4.13. The number of aromatic amines is 1. The number of rotatable bonds is 3. The molecule has 26 heavy (non-hydrogen) atoms. The second-order valence-corrected chi connectivity index (χ2v) is 8.32. The molecular formula is C19H25N3O4. The first-order valence-corrected chi connectivity index (χ1v) is 8.25. The predicted octanol–water partition coefficient (Wildman–Crippen LogP) is 3.64. The minimum atomic E-state index is -1.16. The minimum absolute atomic E-state index is 0.105. The molecule has 0 aliphatic carbocycles. The molecule has 0 spiro atoms. The van der Waals surface area contributed by atoms with Gasteiger partial charge in [-0.2, -0.15) is 0 Å². The Morgan fingerprint density at radius 3 is 1.92 bits per heavy atom. The highest BCUT2D eigenvalue weighted by Crippen LogP contribution is 2.40. The van der Waals surface area contributed by atoms with Gasteiger partial charge in [0.1, 0.15) is 11.4 Å². The number of benzene rings is 1. The molecule has 0 radical (unpaired) electrons. The molecule has 2 aromatic rings. The van der Waals surface area contributed by atoms with Crippen molar-refractivity contribution in [3.8, 4) is 5.75 Å². The van der Waals surface area contributed by atoms with Crippen LogP contribution in [0.15, 0.2) is 23.5 Å². The molecule has 140 valence electrons. The van der Waals surface area contributed by atoms with E-state index >= 15 is 0 Å². The molecule has 4 N–H and O–H groups in total. The van der Waals surface area contributed by atoms with E-state index in [1.807, 2.05) is 41.5 Å². The number of nitrogens with zero attached hydrogens (tertiary/aromatic N) is 2. The first kappa shape index (κ1) is 19.5. The summed E-state index contributed by atoms with van der Waals surface area (Å²) in [6.45, 7) is 11.9. The molecule has 0 atom stereocenters. The van der Waals surface area contributed by atoms with E-state index in [1.165, 1.54) is 6.20 Å². The maximum Gasteiger partial charge on any atom is 0.353 e. The maximum atomic E-state index is 11.1. The monoisotopic (exact) mass is 359 g/mol. The lowest BCUT2D eigenvalue weighted by molar-refractivity contribution is 0.0691. The third-order valence-electron chi connectivity index (χ3n) is 4.13. The summed E-state index contributed by atoms with van der Waals surface area (Å²) < 4.78 is 0. The van der Waals surface area contributed by atoms with Crippen LogP contribution in [0.4, 0.5) is 0 Å². The normalized spacial score (nSPS) is 13.1. The van der Waals surface area contributed by atoms with E-state index in [1.54, 1.807) is 12.1 Å². The van der Waals surface area contributed by atoms with Gasteiger partial charge in [-0.25, -0.2) is 9.78 Å². The van der Waals surface area contributed by atoms with Crippen LogP contribution in [-0.4, -0.2) is 37.1 Å². The van der Waals surface area contributed by atoms with Crippen LogP contribution in [-0.2, 0) is 10.8 Å². The predicted molar refractivity (Wildman–Crippen MR) is 98.5 cm³/mol. The zero-order valence-electron chi connectivity index (χ0n) is 15.9. The number of imidazole rings is 1. The Morgan fingerprint density at radius 1 is 1.08 bits per heavy atom. The topological polar surface area (TPSA) is 119 Å². The van der Waals surface area contributed by atoms with Crippen molar-refractivity contribution in [3.05, 3.63) is 46.5 Å². The number of hydrogen-bond donors (Lipinski definition) is 4. The van der Waals surface area contributed by atoms with Gasteiger partial charge in [0.2, 0.25) is 0 Å². The van der Waals surface area contributed by atoms with Crippen LogP contribution in [0.3, 0.4) is 0 Å². The third kappa shape index (κ3) is 3.71. The first-order valence-electron chi connectivity index (χ1n) is 8.25. The summed E-state index contributed by atoms with van der Waals surface area (Å²) in [4.78, 5) is 17.7. The van der Waals surface area contributed by atoms with Crippen LogP contribution < -0.4 is 0 Å². The van der Waals surface area contributed by atoms with Crippen LogP contribution >= 0.6 is 0 Å². The van der Waals surface area contributed by atoms with Crippen LogP contribution in [0.1, 0.15) is 74.5 Å². The Kier molecular flexibility index (Phi) is 4.86. The van der Waals surface area contributed by atoms with Crippen molar-refractivity contribution in [1.82, 2.24) is 9.97 Å². The van der Waals surface area contributed by atoms with Crippen molar-refractivity contribution in [2.45, 2.75) is 52.4 Å². The van der Waals surface area contributed by atoms with Crippen molar-refractivity contribution in [2.75, 3.05) is 0 Å². The van der Waals surface area contributed by atoms with E-state index in [9.17, 15) is 15.1 Å². The Morgan fingerprint density at radius 2 is 1.58 bits per heavy atom. The second-order valence-electron chi connectivity index (χ2n) is 8.32. The summed E-state index contributed by atoms with van der Waals surface area (Å²) in [6, 6.07) is 3.48. The average Bonchev–Trinajstić information content (AvgIpc) is 2.96. The van der Waals surface area contributed by atoms with E-state index in [-0.39, 0.29) is 33.8 Å². The summed E-state index contributed by atoms with van der Waals surface area (Å²) in [6.07, 6.45) is 1.17. The zero-order chi connectivity index (χ0) is 19.9. The lowest BCUT2D eigenvalue weighted by atomic mass is 9.78. The average molecular weight is 359 g/mol. The van der Waals surface area contributed by atoms with Crippen molar-refractivity contribution in [1.29, 1.82) is 0 Å². The maximum absolute atomic E-state index is 11.1. The van der Waals surface area contributed by atoms with Crippen molar-refractivity contribution < 1.29 is 20.2 Å². The molecule has 1 heterocycles. The highest BCUT2D eigenvalue weighted by molar-refractivity contribution is 6.11. The number of hydrogen-bond acceptors (Lipinski definition) is 5. The van der Waals surface area contributed by atoms with E-state index in [4.69, 9.17) is 5.11 Å². The fraction of sp³-hybridized carbons (Fsp3) is 0.421. The number of aromatic nitrogens is 2. The van der Waals surface area contributed by atoms with Gasteiger partial charge in [-0.1, -0.05) is 46.7 Å². The quantitative estimate of drug-likeness (QED) is 0.379. The molecule has 0 saturated carbocycles. The van der Waals surface area contributed by atoms with Gasteiger partial charge in [0.25, 0.3) is 0 Å². The van der Waals surface area contributed by atoms with Gasteiger partial charge in [0.15, 0.2) is 11.5 Å². The Balaban J connectivity index is 2.72. The number of carboxylic acid groups (broad SMARTS) is 1. The van der Waals surface area contributed by atoms with Crippen LogP contribution in [0, 0.1) is 0 Å². The van der Waals surface area contributed by atoms with Gasteiger partial charge >= 0.3 is 5.97 Å². The lowest BCUT2D eigenvalue weighted by Crippen LogP contribution is -2.19. The summed E-state index contributed by atoms with van der Waals surface area (Å²) in [5.41, 5.74) is 1.23. The van der Waals surface area contributed by atoms with E-state index in [2.05, 4.69) is 15.1 Å². The Labute approximate surface area is 152 Å². The van der Waals surface area contributed by atoms with E-state index < -0.39 is 5.97 Å². The van der Waals surface area contributed by atoms with Crippen molar-refractivity contribution in [2.24, 2.45) is 5.16 Å². The van der Waals surface area contributed by atoms with Crippen molar-refractivity contribution >= 4 is 11.7 Å². The van der Waals surface area contributed by atoms with E-state index in [0.29, 0.717) is 16.7 Å². The minimum Gasteiger partial charge on any atom is -0.507 e. The summed E-state index contributed by atoms with van der Waals surface area (Å²) in [5.74, 6) is -0.815.